The van der Waals surface area contributed by atoms with Crippen molar-refractivity contribution in [3.05, 3.63) is 58.3 Å². The maximum absolute atomic E-state index is 12.8. The third kappa shape index (κ3) is 3.63. The summed E-state index contributed by atoms with van der Waals surface area (Å²) in [6, 6.07) is 7.02. The fourth-order valence-corrected chi connectivity index (χ4v) is 3.73. The Balaban J connectivity index is 1.39. The lowest BCUT2D eigenvalue weighted by Gasteiger charge is -2.37. The Hall–Kier alpha value is -3.13. The van der Waals surface area contributed by atoms with Crippen LogP contribution in [-0.2, 0) is 11.2 Å². The van der Waals surface area contributed by atoms with Crippen LogP contribution in [0.5, 0.6) is 0 Å². The number of H-pyrrole nitrogens is 1. The number of amides is 1. The Kier molecular flexibility index (Phi) is 4.87. The summed E-state index contributed by atoms with van der Waals surface area (Å²) >= 11 is 0. The van der Waals surface area contributed by atoms with Crippen molar-refractivity contribution in [2.24, 2.45) is 5.73 Å². The molecule has 3 heterocycles. The molecule has 28 heavy (non-hydrogen) atoms. The quantitative estimate of drug-likeness (QED) is 0.699. The molecule has 1 amide bonds. The van der Waals surface area contributed by atoms with E-state index in [2.05, 4.69) is 14.9 Å². The first-order valence-electron chi connectivity index (χ1n) is 9.33. The molecule has 1 fully saturated rings. The van der Waals surface area contributed by atoms with Crippen molar-refractivity contribution in [2.75, 3.05) is 31.1 Å². The third-order valence-corrected chi connectivity index (χ3v) is 5.18. The molecule has 0 bridgehead atoms. The lowest BCUT2D eigenvalue weighted by Crippen LogP contribution is -2.53. The van der Waals surface area contributed by atoms with E-state index in [1.807, 2.05) is 30.0 Å². The van der Waals surface area contributed by atoms with E-state index in [9.17, 15) is 9.59 Å². The highest BCUT2D eigenvalue weighted by molar-refractivity contribution is 5.83. The normalized spacial score (nSPS) is 15.8. The average Bonchev–Trinajstić information content (AvgIpc) is 3.09. The van der Waals surface area contributed by atoms with Gasteiger partial charge in [-0.1, -0.05) is 6.07 Å². The Morgan fingerprint density at radius 2 is 1.96 bits per heavy atom. The summed E-state index contributed by atoms with van der Waals surface area (Å²) in [5.41, 5.74) is 10.3. The first-order valence-corrected chi connectivity index (χ1v) is 9.33. The summed E-state index contributed by atoms with van der Waals surface area (Å²) in [5.74, 6) is -0.537. The van der Waals surface area contributed by atoms with E-state index < -0.39 is 11.8 Å². The van der Waals surface area contributed by atoms with Crippen LogP contribution in [-0.4, -0.2) is 53.0 Å². The minimum absolute atomic E-state index is 0.0531. The number of anilines is 1. The summed E-state index contributed by atoms with van der Waals surface area (Å²) in [6.07, 6.45) is 3.94. The van der Waals surface area contributed by atoms with E-state index in [1.165, 1.54) is 0 Å². The van der Waals surface area contributed by atoms with Gasteiger partial charge in [-0.2, -0.15) is 0 Å². The second-order valence-electron chi connectivity index (χ2n) is 7.13. The number of fused-ring (bicyclic) bond motifs is 1. The SMILES string of the molecule is Cc1cc(CC(N)C(=O)N2CCN(c3ccncc3)CC2)cc2oc(=O)[nH]c12. The molecule has 1 aliphatic heterocycles. The molecule has 1 unspecified atom stereocenters. The molecule has 1 aromatic carbocycles. The van der Waals surface area contributed by atoms with Gasteiger partial charge in [0.1, 0.15) is 0 Å². The predicted octanol–water partition coefficient (Wildman–Crippen LogP) is 1.04. The van der Waals surface area contributed by atoms with Gasteiger partial charge in [0.05, 0.1) is 11.6 Å². The van der Waals surface area contributed by atoms with Crippen molar-refractivity contribution < 1.29 is 9.21 Å². The van der Waals surface area contributed by atoms with E-state index in [0.717, 1.165) is 29.9 Å². The van der Waals surface area contributed by atoms with Crippen molar-refractivity contribution in [1.29, 1.82) is 0 Å². The number of benzene rings is 1. The van der Waals surface area contributed by atoms with E-state index in [1.54, 1.807) is 18.5 Å². The van der Waals surface area contributed by atoms with Crippen LogP contribution in [0.2, 0.25) is 0 Å². The van der Waals surface area contributed by atoms with Gasteiger partial charge in [0.25, 0.3) is 0 Å². The number of aromatic amines is 1. The number of nitrogens with one attached hydrogen (secondary N) is 1. The number of nitrogens with zero attached hydrogens (tertiary/aromatic N) is 3. The van der Waals surface area contributed by atoms with Crippen molar-refractivity contribution >= 4 is 22.7 Å². The van der Waals surface area contributed by atoms with Crippen LogP contribution < -0.4 is 16.4 Å². The summed E-state index contributed by atoms with van der Waals surface area (Å²) in [5, 5.41) is 0. The number of carbonyl (C=O) groups excluding carboxylic acids is 1. The van der Waals surface area contributed by atoms with Gasteiger partial charge in [0.2, 0.25) is 5.91 Å². The topological polar surface area (TPSA) is 108 Å². The maximum Gasteiger partial charge on any atom is 0.417 e. The van der Waals surface area contributed by atoms with Gasteiger partial charge in [-0.15, -0.1) is 0 Å². The molecule has 8 nitrogen and oxygen atoms in total. The lowest BCUT2D eigenvalue weighted by molar-refractivity contribution is -0.132. The summed E-state index contributed by atoms with van der Waals surface area (Å²) in [6.45, 7) is 4.70. The van der Waals surface area contributed by atoms with E-state index in [-0.39, 0.29) is 5.91 Å². The highest BCUT2D eigenvalue weighted by atomic mass is 16.4. The highest BCUT2D eigenvalue weighted by Gasteiger charge is 2.25. The second-order valence-corrected chi connectivity index (χ2v) is 7.13. The van der Waals surface area contributed by atoms with Crippen LogP contribution in [0.1, 0.15) is 11.1 Å². The molecular formula is C20H23N5O3. The Bertz CT molecular complexity index is 1030. The fourth-order valence-electron chi connectivity index (χ4n) is 3.73. The number of hydrogen-bond donors (Lipinski definition) is 2. The number of nitrogens with two attached hydrogens (primary N) is 1. The molecule has 3 N–H and O–H groups in total. The zero-order chi connectivity index (χ0) is 19.7. The van der Waals surface area contributed by atoms with Crippen LogP contribution in [0, 0.1) is 6.92 Å². The molecule has 1 saturated heterocycles. The van der Waals surface area contributed by atoms with Crippen LogP contribution >= 0.6 is 0 Å². The van der Waals surface area contributed by atoms with E-state index >= 15 is 0 Å². The second kappa shape index (κ2) is 7.47. The van der Waals surface area contributed by atoms with Gasteiger partial charge in [0, 0.05) is 44.3 Å². The van der Waals surface area contributed by atoms with Crippen LogP contribution in [0.15, 0.2) is 45.9 Å². The fraction of sp³-hybridized carbons (Fsp3) is 0.350. The number of hydrogen-bond acceptors (Lipinski definition) is 6. The standard InChI is InChI=1S/C20H23N5O3/c1-13-10-14(12-17-18(13)23-20(27)28-17)11-16(21)19(26)25-8-6-24(7-9-25)15-2-4-22-5-3-15/h2-5,10,12,16H,6-9,11,21H2,1H3,(H,23,27). The number of piperazine rings is 1. The number of aromatic nitrogens is 2. The molecule has 0 saturated carbocycles. The zero-order valence-corrected chi connectivity index (χ0v) is 15.7. The molecule has 4 rings (SSSR count). The molecule has 0 radical (unpaired) electrons. The molecule has 1 aliphatic rings. The van der Waals surface area contributed by atoms with Gasteiger partial charge < -0.3 is 20.0 Å². The van der Waals surface area contributed by atoms with E-state index in [0.29, 0.717) is 30.6 Å². The highest BCUT2D eigenvalue weighted by Crippen LogP contribution is 2.19. The molecule has 8 heteroatoms. The van der Waals surface area contributed by atoms with Crippen molar-refractivity contribution in [2.45, 2.75) is 19.4 Å². The van der Waals surface area contributed by atoms with Crippen LogP contribution in [0.3, 0.4) is 0 Å². The molecule has 2 aromatic heterocycles. The molecule has 0 spiro atoms. The number of pyridine rings is 1. The Morgan fingerprint density at radius 1 is 1.25 bits per heavy atom. The monoisotopic (exact) mass is 381 g/mol. The smallest absolute Gasteiger partial charge is 0.408 e. The van der Waals surface area contributed by atoms with Crippen molar-refractivity contribution in [3.8, 4) is 0 Å². The largest absolute Gasteiger partial charge is 0.417 e. The summed E-state index contributed by atoms with van der Waals surface area (Å²) in [4.78, 5) is 35.0. The Morgan fingerprint density at radius 3 is 2.68 bits per heavy atom. The molecular weight excluding hydrogens is 358 g/mol. The molecule has 3 aromatic rings. The van der Waals surface area contributed by atoms with Gasteiger partial charge in [-0.05, 0) is 42.7 Å². The van der Waals surface area contributed by atoms with Gasteiger partial charge in [0.15, 0.2) is 5.58 Å². The maximum atomic E-state index is 12.8. The summed E-state index contributed by atoms with van der Waals surface area (Å²) in [7, 11) is 0. The number of oxazole rings is 1. The minimum Gasteiger partial charge on any atom is -0.408 e. The minimum atomic E-state index is -0.630. The molecule has 146 valence electrons. The van der Waals surface area contributed by atoms with Crippen molar-refractivity contribution in [1.82, 2.24) is 14.9 Å². The van der Waals surface area contributed by atoms with Crippen LogP contribution in [0.25, 0.3) is 11.1 Å². The number of carbonyl (C=O) groups is 1. The van der Waals surface area contributed by atoms with Gasteiger partial charge in [-0.3, -0.25) is 14.8 Å². The first-order chi connectivity index (χ1) is 13.5. The number of rotatable bonds is 4. The summed E-state index contributed by atoms with van der Waals surface area (Å²) < 4.78 is 5.14. The van der Waals surface area contributed by atoms with Gasteiger partial charge >= 0.3 is 5.76 Å². The first kappa shape index (κ1) is 18.2. The van der Waals surface area contributed by atoms with Gasteiger partial charge in [-0.25, -0.2) is 4.79 Å². The third-order valence-electron chi connectivity index (χ3n) is 5.18. The average molecular weight is 381 g/mol. The Labute approximate surface area is 162 Å². The van der Waals surface area contributed by atoms with Crippen LogP contribution in [0.4, 0.5) is 5.69 Å². The molecule has 0 aliphatic carbocycles. The lowest BCUT2D eigenvalue weighted by atomic mass is 10.0. The molecule has 1 atom stereocenters. The number of aryl methyl sites for hydroxylation is 1. The predicted molar refractivity (Wildman–Crippen MR) is 106 cm³/mol. The van der Waals surface area contributed by atoms with E-state index in [4.69, 9.17) is 10.2 Å². The van der Waals surface area contributed by atoms with Crippen molar-refractivity contribution in [3.63, 3.8) is 0 Å². The zero-order valence-electron chi connectivity index (χ0n) is 15.7.